The first-order chi connectivity index (χ1) is 9.02. The highest BCUT2D eigenvalue weighted by atomic mass is 15.3. The second-order valence-electron chi connectivity index (χ2n) is 6.46. The molecule has 0 aromatic rings. The van der Waals surface area contributed by atoms with Gasteiger partial charge < -0.3 is 5.73 Å². The lowest BCUT2D eigenvalue weighted by Gasteiger charge is -2.42. The van der Waals surface area contributed by atoms with Crippen molar-refractivity contribution < 1.29 is 0 Å². The Bertz CT molecular complexity index is 250. The van der Waals surface area contributed by atoms with E-state index in [1.165, 1.54) is 32.4 Å². The van der Waals surface area contributed by atoms with Crippen molar-refractivity contribution in [1.29, 1.82) is 0 Å². The monoisotopic (exact) mass is 269 g/mol. The number of rotatable bonds is 8. The normalized spacial score (nSPS) is 25.1. The Balaban J connectivity index is 2.75. The minimum atomic E-state index is 0.224. The van der Waals surface area contributed by atoms with Crippen LogP contribution in [0.25, 0.3) is 0 Å². The summed E-state index contributed by atoms with van der Waals surface area (Å²) in [4.78, 5) is 5.26. The molecule has 0 aromatic carbocycles. The second-order valence-corrected chi connectivity index (χ2v) is 6.46. The lowest BCUT2D eigenvalue weighted by molar-refractivity contribution is 0.0802. The van der Waals surface area contributed by atoms with Gasteiger partial charge in [-0.25, -0.2) is 0 Å². The van der Waals surface area contributed by atoms with Gasteiger partial charge in [0.25, 0.3) is 0 Å². The zero-order chi connectivity index (χ0) is 14.5. The highest BCUT2D eigenvalue weighted by Crippen LogP contribution is 2.30. The molecule has 0 aliphatic carbocycles. The van der Waals surface area contributed by atoms with Crippen LogP contribution in [0.15, 0.2) is 0 Å². The summed E-state index contributed by atoms with van der Waals surface area (Å²) in [6, 6.07) is 0.639. The number of likely N-dealkylation sites (tertiary alicyclic amines) is 1. The maximum atomic E-state index is 6.20. The molecule has 1 rings (SSSR count). The van der Waals surface area contributed by atoms with Crippen LogP contribution in [0.1, 0.15) is 53.9 Å². The number of likely N-dealkylation sites (N-methyl/N-ethyl adjacent to an activating group) is 1. The van der Waals surface area contributed by atoms with Crippen LogP contribution in [-0.4, -0.2) is 54.1 Å². The van der Waals surface area contributed by atoms with Gasteiger partial charge in [-0.1, -0.05) is 33.6 Å². The molecule has 1 saturated heterocycles. The molecule has 114 valence electrons. The first kappa shape index (κ1) is 16.9. The number of hydrogen-bond acceptors (Lipinski definition) is 3. The average Bonchev–Trinajstić information content (AvgIpc) is 2.86. The molecule has 3 heteroatoms. The minimum Gasteiger partial charge on any atom is -0.329 e. The van der Waals surface area contributed by atoms with Crippen molar-refractivity contribution in [3.8, 4) is 0 Å². The molecular formula is C16H35N3. The van der Waals surface area contributed by atoms with Gasteiger partial charge in [0.2, 0.25) is 0 Å². The predicted octanol–water partition coefficient (Wildman–Crippen LogP) is 2.56. The van der Waals surface area contributed by atoms with Gasteiger partial charge in [0, 0.05) is 37.8 Å². The first-order valence-electron chi connectivity index (χ1n) is 8.22. The summed E-state index contributed by atoms with van der Waals surface area (Å²) in [6.07, 6.45) is 3.79. The van der Waals surface area contributed by atoms with Crippen molar-refractivity contribution in [2.45, 2.75) is 65.5 Å². The summed E-state index contributed by atoms with van der Waals surface area (Å²) < 4.78 is 0. The van der Waals surface area contributed by atoms with Gasteiger partial charge in [0.15, 0.2) is 0 Å². The molecule has 0 spiro atoms. The SMILES string of the molecule is CCC(CC)CN(CC)C1(CN)CCN(C(C)C)C1. The van der Waals surface area contributed by atoms with E-state index in [0.717, 1.165) is 25.6 Å². The Kier molecular flexibility index (Phi) is 6.78. The standard InChI is InChI=1S/C16H35N3/c1-6-15(7-2)11-19(8-3)16(12-17)9-10-18(13-16)14(4)5/h14-15H,6-13,17H2,1-5H3. The Labute approximate surface area is 120 Å². The molecule has 0 bridgehead atoms. The molecule has 2 N–H and O–H groups in total. The maximum absolute atomic E-state index is 6.20. The van der Waals surface area contributed by atoms with Crippen LogP contribution in [0.5, 0.6) is 0 Å². The van der Waals surface area contributed by atoms with Gasteiger partial charge in [-0.2, -0.15) is 0 Å². The van der Waals surface area contributed by atoms with Gasteiger partial charge in [-0.3, -0.25) is 9.80 Å². The molecule has 1 atom stereocenters. The van der Waals surface area contributed by atoms with E-state index in [1.807, 2.05) is 0 Å². The third-order valence-corrected chi connectivity index (χ3v) is 5.16. The Morgan fingerprint density at radius 3 is 2.21 bits per heavy atom. The quantitative estimate of drug-likeness (QED) is 0.735. The molecular weight excluding hydrogens is 234 g/mol. The predicted molar refractivity (Wildman–Crippen MR) is 84.4 cm³/mol. The smallest absolute Gasteiger partial charge is 0.0470 e. The van der Waals surface area contributed by atoms with E-state index in [2.05, 4.69) is 44.4 Å². The largest absolute Gasteiger partial charge is 0.329 e. The van der Waals surface area contributed by atoms with Gasteiger partial charge in [0.1, 0.15) is 0 Å². The van der Waals surface area contributed by atoms with Gasteiger partial charge in [-0.15, -0.1) is 0 Å². The fourth-order valence-electron chi connectivity index (χ4n) is 3.40. The van der Waals surface area contributed by atoms with Crippen LogP contribution < -0.4 is 5.73 Å². The molecule has 0 radical (unpaired) electrons. The molecule has 0 amide bonds. The fraction of sp³-hybridized carbons (Fsp3) is 1.00. The van der Waals surface area contributed by atoms with Crippen LogP contribution in [0.4, 0.5) is 0 Å². The Morgan fingerprint density at radius 1 is 1.21 bits per heavy atom. The van der Waals surface area contributed by atoms with Gasteiger partial charge in [-0.05, 0) is 32.7 Å². The van der Waals surface area contributed by atoms with Crippen LogP contribution >= 0.6 is 0 Å². The maximum Gasteiger partial charge on any atom is 0.0470 e. The highest BCUT2D eigenvalue weighted by Gasteiger charge is 2.42. The average molecular weight is 269 g/mol. The Morgan fingerprint density at radius 2 is 1.84 bits per heavy atom. The highest BCUT2D eigenvalue weighted by molar-refractivity contribution is 5.00. The van der Waals surface area contributed by atoms with E-state index in [-0.39, 0.29) is 5.54 Å². The topological polar surface area (TPSA) is 32.5 Å². The summed E-state index contributed by atoms with van der Waals surface area (Å²) >= 11 is 0. The van der Waals surface area contributed by atoms with E-state index in [1.54, 1.807) is 0 Å². The van der Waals surface area contributed by atoms with Crippen molar-refractivity contribution in [1.82, 2.24) is 9.80 Å². The molecule has 1 fully saturated rings. The third-order valence-electron chi connectivity index (χ3n) is 5.16. The lowest BCUT2D eigenvalue weighted by Crippen LogP contribution is -2.57. The van der Waals surface area contributed by atoms with Crippen molar-refractivity contribution in [2.24, 2.45) is 11.7 Å². The van der Waals surface area contributed by atoms with Crippen molar-refractivity contribution in [3.63, 3.8) is 0 Å². The molecule has 1 aliphatic rings. The van der Waals surface area contributed by atoms with E-state index in [0.29, 0.717) is 6.04 Å². The zero-order valence-electron chi connectivity index (χ0n) is 13.8. The van der Waals surface area contributed by atoms with Crippen LogP contribution in [0, 0.1) is 5.92 Å². The zero-order valence-corrected chi connectivity index (χ0v) is 13.8. The minimum absolute atomic E-state index is 0.224. The van der Waals surface area contributed by atoms with Gasteiger partial charge >= 0.3 is 0 Å². The van der Waals surface area contributed by atoms with Crippen LogP contribution in [-0.2, 0) is 0 Å². The van der Waals surface area contributed by atoms with E-state index >= 15 is 0 Å². The van der Waals surface area contributed by atoms with E-state index in [4.69, 9.17) is 5.73 Å². The molecule has 0 aromatic heterocycles. The van der Waals surface area contributed by atoms with Crippen molar-refractivity contribution in [2.75, 3.05) is 32.7 Å². The molecule has 19 heavy (non-hydrogen) atoms. The molecule has 1 heterocycles. The molecule has 3 nitrogen and oxygen atoms in total. The summed E-state index contributed by atoms with van der Waals surface area (Å²) in [5, 5.41) is 0. The van der Waals surface area contributed by atoms with Crippen LogP contribution in [0.3, 0.4) is 0 Å². The lowest BCUT2D eigenvalue weighted by atomic mass is 9.93. The van der Waals surface area contributed by atoms with E-state index in [9.17, 15) is 0 Å². The third kappa shape index (κ3) is 3.93. The molecule has 1 aliphatic heterocycles. The summed E-state index contributed by atoms with van der Waals surface area (Å²) in [6.45, 7) is 17.0. The van der Waals surface area contributed by atoms with E-state index < -0.39 is 0 Å². The molecule has 1 unspecified atom stereocenters. The number of nitrogens with two attached hydrogens (primary N) is 1. The second kappa shape index (κ2) is 7.61. The first-order valence-corrected chi connectivity index (χ1v) is 8.22. The van der Waals surface area contributed by atoms with Gasteiger partial charge in [0.05, 0.1) is 0 Å². The van der Waals surface area contributed by atoms with Crippen molar-refractivity contribution >= 4 is 0 Å². The fourth-order valence-corrected chi connectivity index (χ4v) is 3.40. The molecule has 0 saturated carbocycles. The summed E-state index contributed by atoms with van der Waals surface area (Å²) in [7, 11) is 0. The number of nitrogens with zero attached hydrogens (tertiary/aromatic N) is 2. The Hall–Kier alpha value is -0.120. The van der Waals surface area contributed by atoms with Crippen LogP contribution in [0.2, 0.25) is 0 Å². The number of hydrogen-bond donors (Lipinski definition) is 1. The van der Waals surface area contributed by atoms with Crippen molar-refractivity contribution in [3.05, 3.63) is 0 Å². The summed E-state index contributed by atoms with van der Waals surface area (Å²) in [5.41, 5.74) is 6.42. The summed E-state index contributed by atoms with van der Waals surface area (Å²) in [5.74, 6) is 0.816.